The summed E-state index contributed by atoms with van der Waals surface area (Å²) in [5, 5.41) is 3.97. The first-order valence-electron chi connectivity index (χ1n) is 14.1. The molecule has 0 atom stereocenters. The zero-order valence-electron chi connectivity index (χ0n) is 26.1. The number of rotatable bonds is 8. The zero-order valence-corrected chi connectivity index (χ0v) is 27.7. The van der Waals surface area contributed by atoms with Crippen molar-refractivity contribution in [2.24, 2.45) is 0 Å². The van der Waals surface area contributed by atoms with Gasteiger partial charge in [-0.05, 0) is 83.9 Å². The monoisotopic (exact) mass is 616 g/mol. The smallest absolute Gasteiger partial charge is 0.293 e. The molecule has 1 saturated heterocycles. The van der Waals surface area contributed by atoms with Crippen molar-refractivity contribution >= 4 is 45.1 Å². The molecule has 230 valence electrons. The van der Waals surface area contributed by atoms with Crippen LogP contribution in [0.5, 0.6) is 0 Å². The Morgan fingerprint density at radius 3 is 2.31 bits per heavy atom. The van der Waals surface area contributed by atoms with E-state index in [0.29, 0.717) is 30.7 Å². The highest BCUT2D eigenvalue weighted by molar-refractivity contribution is 7.89. The number of sulfonamides is 1. The molecule has 0 unspecified atom stereocenters. The van der Waals surface area contributed by atoms with Gasteiger partial charge in [0.2, 0.25) is 15.9 Å². The molecule has 4 rings (SSSR count). The van der Waals surface area contributed by atoms with Crippen LogP contribution in [0.2, 0.25) is 0 Å². The number of anilines is 2. The van der Waals surface area contributed by atoms with E-state index in [2.05, 4.69) is 25.8 Å². The molecule has 0 bridgehead atoms. The summed E-state index contributed by atoms with van der Waals surface area (Å²) < 4.78 is 34.0. The number of carbonyl (C=O) groups is 2. The van der Waals surface area contributed by atoms with E-state index in [1.807, 2.05) is 46.0 Å². The van der Waals surface area contributed by atoms with E-state index in [1.54, 1.807) is 57.8 Å². The molecule has 42 heavy (non-hydrogen) atoms. The largest absolute Gasteiger partial charge is 0.465 e. The summed E-state index contributed by atoms with van der Waals surface area (Å²) in [6, 6.07) is 11.3. The van der Waals surface area contributed by atoms with Gasteiger partial charge in [0.1, 0.15) is 5.01 Å². The summed E-state index contributed by atoms with van der Waals surface area (Å²) in [5.74, 6) is 0.0142. The van der Waals surface area contributed by atoms with Gasteiger partial charge in [0.15, 0.2) is 0 Å². The lowest BCUT2D eigenvalue weighted by molar-refractivity contribution is -0.132. The molecule has 1 fully saturated rings. The SMILES string of the molecule is CC.CC(C)OC=O.CNc1ccc(-c2ncc(-c3ccc(N4CCCC4=O)cc3S(=O)(=O)NC(C)(C)C)s2)cc1C. The topological polar surface area (TPSA) is 118 Å². The molecule has 0 radical (unpaired) electrons. The van der Waals surface area contributed by atoms with Gasteiger partial charge in [0.05, 0.1) is 15.9 Å². The average Bonchev–Trinajstić information content (AvgIpc) is 3.58. The van der Waals surface area contributed by atoms with Crippen LogP contribution >= 0.6 is 11.3 Å². The van der Waals surface area contributed by atoms with E-state index < -0.39 is 15.6 Å². The number of nitrogens with zero attached hydrogens (tertiary/aromatic N) is 2. The number of thiazole rings is 1. The van der Waals surface area contributed by atoms with Gasteiger partial charge in [-0.25, -0.2) is 18.1 Å². The third-order valence-corrected chi connectivity index (χ3v) is 8.80. The van der Waals surface area contributed by atoms with E-state index in [9.17, 15) is 18.0 Å². The fourth-order valence-corrected chi connectivity index (χ4v) is 6.88. The Hall–Kier alpha value is -3.28. The minimum absolute atomic E-state index is 0.0142. The summed E-state index contributed by atoms with van der Waals surface area (Å²) in [6.07, 6.45) is 3.00. The molecule has 2 aromatic carbocycles. The molecule has 0 aliphatic carbocycles. The molecule has 2 N–H and O–H groups in total. The van der Waals surface area contributed by atoms with Crippen molar-refractivity contribution in [1.29, 1.82) is 0 Å². The fraction of sp³-hybridized carbons (Fsp3) is 0.452. The van der Waals surface area contributed by atoms with Crippen molar-refractivity contribution in [2.75, 3.05) is 23.8 Å². The maximum absolute atomic E-state index is 13.4. The van der Waals surface area contributed by atoms with E-state index in [1.165, 1.54) is 11.3 Å². The van der Waals surface area contributed by atoms with E-state index in [0.717, 1.165) is 33.1 Å². The van der Waals surface area contributed by atoms with E-state index in [4.69, 9.17) is 0 Å². The van der Waals surface area contributed by atoms with Crippen LogP contribution in [-0.2, 0) is 24.3 Å². The lowest BCUT2D eigenvalue weighted by atomic mass is 10.1. The third kappa shape index (κ3) is 9.37. The Labute approximate surface area is 254 Å². The summed E-state index contributed by atoms with van der Waals surface area (Å²) in [6.45, 7) is 16.1. The number of benzene rings is 2. The first-order valence-corrected chi connectivity index (χ1v) is 16.4. The fourth-order valence-electron chi connectivity index (χ4n) is 4.20. The van der Waals surface area contributed by atoms with Crippen LogP contribution in [0.3, 0.4) is 0 Å². The minimum atomic E-state index is -3.85. The summed E-state index contributed by atoms with van der Waals surface area (Å²) in [7, 11) is -1.97. The molecule has 1 aliphatic heterocycles. The first kappa shape index (κ1) is 34.9. The Morgan fingerprint density at radius 2 is 1.81 bits per heavy atom. The van der Waals surface area contributed by atoms with Gasteiger partial charge < -0.3 is 15.0 Å². The van der Waals surface area contributed by atoms with Gasteiger partial charge in [-0.15, -0.1) is 11.3 Å². The van der Waals surface area contributed by atoms with Crippen LogP contribution < -0.4 is 14.9 Å². The van der Waals surface area contributed by atoms with Crippen molar-refractivity contribution in [3.63, 3.8) is 0 Å². The molecule has 1 aromatic heterocycles. The maximum Gasteiger partial charge on any atom is 0.293 e. The standard InChI is InChI=1S/C25H30N4O3S2.C4H8O2.C2H6/c1-16-13-17(8-11-20(16)26-5)24-27-15-21(33-24)19-10-9-18(29-12-6-7-23(29)30)14-22(19)34(31,32)28-25(2,3)4;1-4(2)6-3-5;1-2/h8-11,13-15,26,28H,6-7,12H2,1-5H3;3-4H,1-2H3;1-2H3. The van der Waals surface area contributed by atoms with Gasteiger partial charge in [0, 0.05) is 54.3 Å². The molecule has 11 heteroatoms. The van der Waals surface area contributed by atoms with Gasteiger partial charge in [-0.2, -0.15) is 0 Å². The van der Waals surface area contributed by atoms with E-state index in [-0.39, 0.29) is 16.9 Å². The second-order valence-electron chi connectivity index (χ2n) is 10.8. The van der Waals surface area contributed by atoms with Gasteiger partial charge >= 0.3 is 0 Å². The highest BCUT2D eigenvalue weighted by Crippen LogP contribution is 2.38. The van der Waals surface area contributed by atoms with Crippen LogP contribution in [0.15, 0.2) is 47.5 Å². The van der Waals surface area contributed by atoms with Crippen molar-refractivity contribution in [2.45, 2.75) is 84.8 Å². The van der Waals surface area contributed by atoms with Gasteiger partial charge in [-0.3, -0.25) is 9.59 Å². The summed E-state index contributed by atoms with van der Waals surface area (Å²) >= 11 is 1.44. The molecule has 1 amide bonds. The van der Waals surface area contributed by atoms with Crippen LogP contribution in [-0.4, -0.2) is 51.0 Å². The van der Waals surface area contributed by atoms with Crippen molar-refractivity contribution in [1.82, 2.24) is 9.71 Å². The lowest BCUT2D eigenvalue weighted by Crippen LogP contribution is -2.40. The number of aromatic nitrogens is 1. The Kier molecular flexibility index (Phi) is 12.7. The zero-order chi connectivity index (χ0) is 31.7. The number of hydrogen-bond donors (Lipinski definition) is 2. The minimum Gasteiger partial charge on any atom is -0.465 e. The van der Waals surface area contributed by atoms with E-state index >= 15 is 0 Å². The van der Waals surface area contributed by atoms with Crippen LogP contribution in [0, 0.1) is 6.92 Å². The number of amides is 1. The second kappa shape index (κ2) is 15.3. The van der Waals surface area contributed by atoms with Gasteiger partial charge in [0.25, 0.3) is 6.47 Å². The first-order chi connectivity index (χ1) is 19.8. The highest BCUT2D eigenvalue weighted by atomic mass is 32.2. The molecule has 9 nitrogen and oxygen atoms in total. The van der Waals surface area contributed by atoms with Crippen molar-refractivity contribution in [3.8, 4) is 21.0 Å². The average molecular weight is 617 g/mol. The quantitative estimate of drug-likeness (QED) is 0.273. The molecule has 2 heterocycles. The number of ether oxygens (including phenoxy) is 1. The van der Waals surface area contributed by atoms with Crippen LogP contribution in [0.25, 0.3) is 21.0 Å². The molecule has 3 aromatic rings. The Bertz CT molecular complexity index is 1460. The van der Waals surface area contributed by atoms with Crippen LogP contribution in [0.1, 0.15) is 66.9 Å². The number of nitrogens with one attached hydrogen (secondary N) is 2. The predicted molar refractivity (Wildman–Crippen MR) is 173 cm³/mol. The number of hydrogen-bond acceptors (Lipinski definition) is 8. The van der Waals surface area contributed by atoms with Crippen molar-refractivity contribution in [3.05, 3.63) is 48.2 Å². The second-order valence-corrected chi connectivity index (χ2v) is 13.5. The Balaban J connectivity index is 0.000000686. The number of aryl methyl sites for hydroxylation is 1. The third-order valence-electron chi connectivity index (χ3n) is 5.92. The molecule has 1 aliphatic rings. The highest BCUT2D eigenvalue weighted by Gasteiger charge is 2.29. The Morgan fingerprint density at radius 1 is 1.12 bits per heavy atom. The van der Waals surface area contributed by atoms with Crippen molar-refractivity contribution < 1.29 is 22.7 Å². The summed E-state index contributed by atoms with van der Waals surface area (Å²) in [5.41, 5.74) is 3.65. The normalized spacial score (nSPS) is 13.2. The molecule has 0 spiro atoms. The van der Waals surface area contributed by atoms with Gasteiger partial charge in [-0.1, -0.05) is 19.9 Å². The summed E-state index contributed by atoms with van der Waals surface area (Å²) in [4.78, 5) is 28.8. The molecular formula is C31H44N4O5S2. The predicted octanol–water partition coefficient (Wildman–Crippen LogP) is 6.62. The molecule has 0 saturated carbocycles. The molecular weight excluding hydrogens is 572 g/mol. The van der Waals surface area contributed by atoms with Crippen LogP contribution in [0.4, 0.5) is 11.4 Å². The lowest BCUT2D eigenvalue weighted by Gasteiger charge is -2.23. The number of carbonyl (C=O) groups excluding carboxylic acids is 2. The maximum atomic E-state index is 13.4.